The number of amides is 2. The maximum absolute atomic E-state index is 13.9. The second-order valence-electron chi connectivity index (χ2n) is 10.3. The fourth-order valence-corrected chi connectivity index (χ4v) is 6.32. The van der Waals surface area contributed by atoms with Gasteiger partial charge in [-0.15, -0.1) is 0 Å². The monoisotopic (exact) mass is 651 g/mol. The third kappa shape index (κ3) is 9.40. The number of halogens is 2. The zero-order valence-electron chi connectivity index (χ0n) is 24.4. The molecule has 2 amide bonds. The molecule has 230 valence electrons. The van der Waals surface area contributed by atoms with Gasteiger partial charge < -0.3 is 10.2 Å². The van der Waals surface area contributed by atoms with Crippen LogP contribution in [-0.2, 0) is 45.5 Å². The van der Waals surface area contributed by atoms with Crippen LogP contribution in [0.5, 0.6) is 0 Å². The minimum absolute atomic E-state index is 0.133. The number of nitrogens with one attached hydrogen (secondary N) is 2. The van der Waals surface area contributed by atoms with Gasteiger partial charge in [0.25, 0.3) is 0 Å². The Balaban J connectivity index is 1.58. The number of nitrogens with zero attached hydrogens (tertiary/aromatic N) is 1. The molecule has 7 nitrogen and oxygen atoms in total. The van der Waals surface area contributed by atoms with Gasteiger partial charge in [-0.1, -0.05) is 109 Å². The minimum Gasteiger partial charge on any atom is -0.350 e. The molecule has 0 radical (unpaired) electrons. The van der Waals surface area contributed by atoms with Crippen LogP contribution in [0.2, 0.25) is 10.0 Å². The molecule has 2 N–H and O–H groups in total. The topological polar surface area (TPSA) is 95.6 Å². The van der Waals surface area contributed by atoms with E-state index in [1.54, 1.807) is 42.2 Å². The molecule has 4 aromatic carbocycles. The molecule has 4 aromatic rings. The van der Waals surface area contributed by atoms with E-state index in [0.717, 1.165) is 16.7 Å². The average Bonchev–Trinajstić information content (AvgIpc) is 3.02. The highest BCUT2D eigenvalue weighted by atomic mass is 35.5. The molecule has 0 fully saturated rings. The fourth-order valence-electron chi connectivity index (χ4n) is 4.80. The molecular formula is C34H35Cl2N3O4S. The maximum Gasteiger partial charge on any atom is 0.243 e. The van der Waals surface area contributed by atoms with Crippen molar-refractivity contribution in [3.63, 3.8) is 0 Å². The summed E-state index contributed by atoms with van der Waals surface area (Å²) in [6.07, 6.45) is 0.829. The summed E-state index contributed by atoms with van der Waals surface area (Å²) in [5.41, 5.74) is 3.34. The molecule has 0 aliphatic heterocycles. The Morgan fingerprint density at radius 2 is 1.45 bits per heavy atom. The molecule has 0 unspecified atom stereocenters. The lowest BCUT2D eigenvalue weighted by Crippen LogP contribution is -2.50. The van der Waals surface area contributed by atoms with Gasteiger partial charge in [0, 0.05) is 42.5 Å². The van der Waals surface area contributed by atoms with Crippen LogP contribution in [0.25, 0.3) is 0 Å². The number of sulfonamides is 1. The van der Waals surface area contributed by atoms with Crippen LogP contribution in [0.4, 0.5) is 0 Å². The summed E-state index contributed by atoms with van der Waals surface area (Å²) in [7, 11) is -3.57. The SMILES string of the molecule is CCNS(=O)(=O)c1ccc(CCC(=O)N(Cc2ccccc2)[C@@H](Cc2ccccc2)C(=O)NCc2ccc(Cl)cc2Cl)cc1. The molecule has 0 aromatic heterocycles. The van der Waals surface area contributed by atoms with Crippen molar-refractivity contribution >= 4 is 45.0 Å². The number of hydrogen-bond donors (Lipinski definition) is 2. The van der Waals surface area contributed by atoms with Gasteiger partial charge in [0.1, 0.15) is 6.04 Å². The van der Waals surface area contributed by atoms with E-state index in [0.29, 0.717) is 35.0 Å². The summed E-state index contributed by atoms with van der Waals surface area (Å²) in [6.45, 7) is 2.43. The van der Waals surface area contributed by atoms with E-state index in [4.69, 9.17) is 23.2 Å². The first-order chi connectivity index (χ1) is 21.2. The number of rotatable bonds is 14. The number of hydrogen-bond acceptors (Lipinski definition) is 4. The highest BCUT2D eigenvalue weighted by Crippen LogP contribution is 2.22. The van der Waals surface area contributed by atoms with E-state index in [9.17, 15) is 18.0 Å². The van der Waals surface area contributed by atoms with Crippen LogP contribution in [0, 0.1) is 0 Å². The summed E-state index contributed by atoms with van der Waals surface area (Å²) in [6, 6.07) is 29.9. The lowest BCUT2D eigenvalue weighted by Gasteiger charge is -2.32. The summed E-state index contributed by atoms with van der Waals surface area (Å²) in [4.78, 5) is 29.6. The third-order valence-corrected chi connectivity index (χ3v) is 9.28. The molecule has 0 aliphatic carbocycles. The van der Waals surface area contributed by atoms with E-state index >= 15 is 0 Å². The molecule has 0 aliphatic rings. The van der Waals surface area contributed by atoms with E-state index in [1.807, 2.05) is 60.7 Å². The van der Waals surface area contributed by atoms with Crippen LogP contribution < -0.4 is 10.0 Å². The first-order valence-electron chi connectivity index (χ1n) is 14.3. The summed E-state index contributed by atoms with van der Waals surface area (Å²) in [5.74, 6) is -0.499. The standard InChI is InChI=1S/C34H35Cl2N3O4S/c1-2-38-44(42,43)30-18-13-25(14-19-30)15-20-33(40)39(24-27-11-7-4-8-12-27)32(21-26-9-5-3-6-10-26)34(41)37-23-28-16-17-29(35)22-31(28)36/h3-14,16-19,22,32,38H,2,15,20-21,23-24H2,1H3,(H,37,41)/t32-/m0/s1. The zero-order chi connectivity index (χ0) is 31.5. The van der Waals surface area contributed by atoms with Gasteiger partial charge in [-0.3, -0.25) is 9.59 Å². The van der Waals surface area contributed by atoms with Crippen LogP contribution in [0.15, 0.2) is 108 Å². The Morgan fingerprint density at radius 1 is 0.818 bits per heavy atom. The first-order valence-corrected chi connectivity index (χ1v) is 16.6. The number of carbonyl (C=O) groups is 2. The predicted molar refractivity (Wildman–Crippen MR) is 175 cm³/mol. The second-order valence-corrected chi connectivity index (χ2v) is 12.9. The van der Waals surface area contributed by atoms with Crippen LogP contribution in [-0.4, -0.2) is 37.7 Å². The second kappa shape index (κ2) is 15.9. The molecule has 0 heterocycles. The van der Waals surface area contributed by atoms with Crippen molar-refractivity contribution in [3.8, 4) is 0 Å². The third-order valence-electron chi connectivity index (χ3n) is 7.13. The fraction of sp³-hybridized carbons (Fsp3) is 0.235. The molecule has 1 atom stereocenters. The Morgan fingerprint density at radius 3 is 2.07 bits per heavy atom. The van der Waals surface area contributed by atoms with Crippen molar-refractivity contribution in [1.29, 1.82) is 0 Å². The van der Waals surface area contributed by atoms with E-state index in [2.05, 4.69) is 10.0 Å². The van der Waals surface area contributed by atoms with Gasteiger partial charge in [0.15, 0.2) is 0 Å². The Hall–Kier alpha value is -3.69. The van der Waals surface area contributed by atoms with E-state index in [1.165, 1.54) is 12.1 Å². The normalized spacial score (nSPS) is 12.0. The highest BCUT2D eigenvalue weighted by molar-refractivity contribution is 7.89. The Kier molecular flexibility index (Phi) is 12.0. The largest absolute Gasteiger partial charge is 0.350 e. The lowest BCUT2D eigenvalue weighted by atomic mass is 10.0. The highest BCUT2D eigenvalue weighted by Gasteiger charge is 2.30. The van der Waals surface area contributed by atoms with Gasteiger partial charge in [-0.2, -0.15) is 0 Å². The molecular weight excluding hydrogens is 617 g/mol. The summed E-state index contributed by atoms with van der Waals surface area (Å²) >= 11 is 12.4. The Labute approximate surface area is 269 Å². The molecule has 0 bridgehead atoms. The van der Waals surface area contributed by atoms with Crippen molar-refractivity contribution in [2.75, 3.05) is 6.54 Å². The van der Waals surface area contributed by atoms with Crippen LogP contribution in [0.1, 0.15) is 35.6 Å². The van der Waals surface area contributed by atoms with Gasteiger partial charge in [0.05, 0.1) is 4.90 Å². The van der Waals surface area contributed by atoms with Gasteiger partial charge in [-0.25, -0.2) is 13.1 Å². The van der Waals surface area contributed by atoms with Crippen molar-refractivity contribution in [1.82, 2.24) is 14.9 Å². The summed E-state index contributed by atoms with van der Waals surface area (Å²) in [5, 5.41) is 3.93. The van der Waals surface area contributed by atoms with E-state index in [-0.39, 0.29) is 36.2 Å². The minimum atomic E-state index is -3.57. The molecule has 10 heteroatoms. The Bertz CT molecular complexity index is 1650. The zero-order valence-corrected chi connectivity index (χ0v) is 26.7. The van der Waals surface area contributed by atoms with Gasteiger partial charge >= 0.3 is 0 Å². The molecule has 0 saturated heterocycles. The smallest absolute Gasteiger partial charge is 0.243 e. The van der Waals surface area contributed by atoms with Crippen molar-refractivity contribution in [2.24, 2.45) is 0 Å². The summed E-state index contributed by atoms with van der Waals surface area (Å²) < 4.78 is 27.1. The van der Waals surface area contributed by atoms with Crippen LogP contribution in [0.3, 0.4) is 0 Å². The van der Waals surface area contributed by atoms with Gasteiger partial charge in [-0.05, 0) is 52.9 Å². The molecule has 0 spiro atoms. The van der Waals surface area contributed by atoms with Crippen molar-refractivity contribution in [3.05, 3.63) is 135 Å². The lowest BCUT2D eigenvalue weighted by molar-refractivity contribution is -0.141. The molecule has 44 heavy (non-hydrogen) atoms. The quantitative estimate of drug-likeness (QED) is 0.170. The van der Waals surface area contributed by atoms with Crippen LogP contribution >= 0.6 is 23.2 Å². The van der Waals surface area contributed by atoms with Crippen molar-refractivity contribution < 1.29 is 18.0 Å². The van der Waals surface area contributed by atoms with E-state index < -0.39 is 16.1 Å². The van der Waals surface area contributed by atoms with Gasteiger partial charge in [0.2, 0.25) is 21.8 Å². The first kappa shape index (κ1) is 33.2. The number of aryl methyl sites for hydroxylation is 1. The average molecular weight is 653 g/mol. The van der Waals surface area contributed by atoms with Crippen molar-refractivity contribution in [2.45, 2.75) is 50.2 Å². The molecule has 4 rings (SSSR count). The number of benzene rings is 4. The predicted octanol–water partition coefficient (Wildman–Crippen LogP) is 6.18. The number of carbonyl (C=O) groups excluding carboxylic acids is 2. The molecule has 0 saturated carbocycles. The maximum atomic E-state index is 13.9.